The van der Waals surface area contributed by atoms with Gasteiger partial charge in [-0.15, -0.1) is 0 Å². The second-order valence-electron chi connectivity index (χ2n) is 9.47. The number of nitrogens with zero attached hydrogens (tertiary/aromatic N) is 8. The van der Waals surface area contributed by atoms with E-state index in [0.717, 1.165) is 25.5 Å². The van der Waals surface area contributed by atoms with Crippen LogP contribution in [0.2, 0.25) is 0 Å². The Morgan fingerprint density at radius 3 is 2.42 bits per heavy atom. The van der Waals surface area contributed by atoms with Gasteiger partial charge in [0.1, 0.15) is 29.5 Å². The Balaban J connectivity index is 1.61. The van der Waals surface area contributed by atoms with Gasteiger partial charge in [0.25, 0.3) is 5.56 Å². The van der Waals surface area contributed by atoms with Crippen LogP contribution in [0.1, 0.15) is 61.6 Å². The van der Waals surface area contributed by atoms with Crippen molar-refractivity contribution in [2.24, 2.45) is 0 Å². The van der Waals surface area contributed by atoms with E-state index in [0.29, 0.717) is 32.2 Å². The second-order valence-corrected chi connectivity index (χ2v) is 11.2. The van der Waals surface area contributed by atoms with Crippen LogP contribution < -0.4 is 10.9 Å². The summed E-state index contributed by atoms with van der Waals surface area (Å²) in [5.41, 5.74) is 0.972. The average Bonchev–Trinajstić information content (AvgIpc) is 3.76. The second kappa shape index (κ2) is 10.7. The van der Waals surface area contributed by atoms with Gasteiger partial charge in [-0.3, -0.25) is 9.36 Å². The molecule has 0 bridgehead atoms. The summed E-state index contributed by atoms with van der Waals surface area (Å²) in [5.74, 6) is 0.666. The molecule has 15 heteroatoms. The summed E-state index contributed by atoms with van der Waals surface area (Å²) < 4.78 is 54.6. The minimum absolute atomic E-state index is 0.0408. The number of anilines is 1. The van der Waals surface area contributed by atoms with E-state index >= 15 is 0 Å². The Hall–Kier alpha value is -3.72. The quantitative estimate of drug-likeness (QED) is 0.309. The van der Waals surface area contributed by atoms with Crippen molar-refractivity contribution in [2.75, 3.05) is 11.1 Å². The standard InChI is InChI=1S/C25H26F3N9O2S/c1-5-40(39)16-8-29-17(30-9-16)10-31-22-24(38)37(14(4)25(26,27)28)23-19(35-22)13(3)34-21(36-23)18-12(2)32-11-33-20(18)15-6-7-15/h8-9,11,14-15H,5-7,10H2,1-4H3,(H,31,35). The first-order chi connectivity index (χ1) is 19.0. The predicted molar refractivity (Wildman–Crippen MR) is 141 cm³/mol. The predicted octanol–water partition coefficient (Wildman–Crippen LogP) is 3.79. The number of aryl methyl sites for hydroxylation is 2. The van der Waals surface area contributed by atoms with Gasteiger partial charge in [0.2, 0.25) is 0 Å². The third-order valence-electron chi connectivity index (χ3n) is 6.65. The molecule has 40 heavy (non-hydrogen) atoms. The van der Waals surface area contributed by atoms with Crippen LogP contribution in [0.4, 0.5) is 19.0 Å². The molecule has 210 valence electrons. The van der Waals surface area contributed by atoms with Crippen molar-refractivity contribution in [2.45, 2.75) is 70.1 Å². The van der Waals surface area contributed by atoms with Crippen LogP contribution in [0.15, 0.2) is 28.4 Å². The van der Waals surface area contributed by atoms with E-state index in [1.165, 1.54) is 18.7 Å². The molecule has 0 spiro atoms. The molecule has 4 aromatic heterocycles. The van der Waals surface area contributed by atoms with Gasteiger partial charge in [0.15, 0.2) is 22.2 Å². The zero-order valence-corrected chi connectivity index (χ0v) is 23.0. The molecule has 4 aromatic rings. The highest BCUT2D eigenvalue weighted by Gasteiger charge is 2.40. The van der Waals surface area contributed by atoms with E-state index in [-0.39, 0.29) is 41.1 Å². The Morgan fingerprint density at radius 1 is 1.10 bits per heavy atom. The van der Waals surface area contributed by atoms with Crippen molar-refractivity contribution in [1.82, 2.24) is 39.5 Å². The maximum Gasteiger partial charge on any atom is 0.409 e. The number of halogens is 3. The van der Waals surface area contributed by atoms with Gasteiger partial charge in [-0.1, -0.05) is 0 Å². The number of alkyl halides is 3. The van der Waals surface area contributed by atoms with Gasteiger partial charge < -0.3 is 9.87 Å². The van der Waals surface area contributed by atoms with Gasteiger partial charge in [0, 0.05) is 5.92 Å². The summed E-state index contributed by atoms with van der Waals surface area (Å²) in [6.45, 7) is 5.92. The lowest BCUT2D eigenvalue weighted by atomic mass is 10.1. The first kappa shape index (κ1) is 27.8. The fraction of sp³-hybridized carbons (Fsp3) is 0.440. The third kappa shape index (κ3) is 5.35. The van der Waals surface area contributed by atoms with Gasteiger partial charge in [-0.2, -0.15) is 13.2 Å². The molecule has 1 N–H and O–H groups in total. The maximum absolute atomic E-state index is 14.0. The molecule has 0 saturated heterocycles. The first-order valence-electron chi connectivity index (χ1n) is 12.6. The molecular formula is C25H26F3N9O2S. The van der Waals surface area contributed by atoms with Crippen molar-refractivity contribution in [1.29, 1.82) is 0 Å². The van der Waals surface area contributed by atoms with Crippen molar-refractivity contribution in [3.63, 3.8) is 0 Å². The molecule has 4 heterocycles. The summed E-state index contributed by atoms with van der Waals surface area (Å²) in [4.78, 5) is 44.1. The number of hydrogen-bond donors (Lipinski definition) is 1. The molecule has 1 saturated carbocycles. The fourth-order valence-electron chi connectivity index (χ4n) is 4.27. The molecule has 2 atom stereocenters. The van der Waals surface area contributed by atoms with Crippen molar-refractivity contribution in [3.8, 4) is 11.4 Å². The van der Waals surface area contributed by atoms with Crippen LogP contribution in [-0.4, -0.2) is 55.9 Å². The van der Waals surface area contributed by atoms with Crippen LogP contribution in [0, 0.1) is 13.8 Å². The van der Waals surface area contributed by atoms with E-state index in [9.17, 15) is 22.5 Å². The maximum atomic E-state index is 14.0. The molecule has 5 rings (SSSR count). The van der Waals surface area contributed by atoms with Gasteiger partial charge >= 0.3 is 6.18 Å². The van der Waals surface area contributed by atoms with Crippen molar-refractivity contribution < 1.29 is 17.7 Å². The molecule has 0 aromatic carbocycles. The molecule has 1 aliphatic carbocycles. The van der Waals surface area contributed by atoms with E-state index in [4.69, 9.17) is 0 Å². The fourth-order valence-corrected chi connectivity index (χ4v) is 4.94. The Kier molecular flexibility index (Phi) is 7.44. The molecular weight excluding hydrogens is 547 g/mol. The molecule has 0 amide bonds. The number of hydrogen-bond acceptors (Lipinski definition) is 10. The van der Waals surface area contributed by atoms with Crippen LogP contribution in [-0.2, 0) is 17.7 Å². The van der Waals surface area contributed by atoms with E-state index in [1.807, 2.05) is 0 Å². The van der Waals surface area contributed by atoms with E-state index < -0.39 is 29.0 Å². The summed E-state index contributed by atoms with van der Waals surface area (Å²) in [7, 11) is 0. The molecule has 2 unspecified atom stereocenters. The topological polar surface area (TPSA) is 147 Å². The largest absolute Gasteiger partial charge is 0.611 e. The van der Waals surface area contributed by atoms with Crippen LogP contribution in [0.5, 0.6) is 0 Å². The van der Waals surface area contributed by atoms with Crippen molar-refractivity contribution >= 4 is 28.2 Å². The number of rotatable bonds is 8. The lowest BCUT2D eigenvalue weighted by Gasteiger charge is -2.21. The minimum atomic E-state index is -4.74. The van der Waals surface area contributed by atoms with E-state index in [2.05, 4.69) is 40.2 Å². The molecule has 0 aliphatic heterocycles. The van der Waals surface area contributed by atoms with Crippen LogP contribution >= 0.6 is 0 Å². The summed E-state index contributed by atoms with van der Waals surface area (Å²) in [5, 5.41) is 2.76. The Labute approximate surface area is 230 Å². The summed E-state index contributed by atoms with van der Waals surface area (Å²) >= 11 is -1.24. The number of nitrogens with one attached hydrogen (secondary N) is 1. The number of fused-ring (bicyclic) bond motifs is 1. The normalized spacial score (nSPS) is 15.3. The molecule has 1 aliphatic rings. The zero-order valence-electron chi connectivity index (χ0n) is 22.2. The highest BCUT2D eigenvalue weighted by Crippen LogP contribution is 2.43. The Bertz CT molecular complexity index is 1630. The van der Waals surface area contributed by atoms with Gasteiger partial charge in [0.05, 0.1) is 41.6 Å². The van der Waals surface area contributed by atoms with Gasteiger partial charge in [-0.05, 0) is 51.7 Å². The van der Waals surface area contributed by atoms with Crippen molar-refractivity contribution in [3.05, 3.63) is 52.0 Å². The Morgan fingerprint density at radius 2 is 1.80 bits per heavy atom. The summed E-state index contributed by atoms with van der Waals surface area (Å²) in [6, 6.07) is -2.20. The zero-order chi connectivity index (χ0) is 28.8. The minimum Gasteiger partial charge on any atom is -0.611 e. The lowest BCUT2D eigenvalue weighted by molar-refractivity contribution is -0.162. The molecule has 11 nitrogen and oxygen atoms in total. The smallest absolute Gasteiger partial charge is 0.409 e. The average molecular weight is 574 g/mol. The number of aromatic nitrogens is 8. The third-order valence-corrected chi connectivity index (χ3v) is 7.91. The van der Waals surface area contributed by atoms with E-state index in [1.54, 1.807) is 20.8 Å². The monoisotopic (exact) mass is 573 g/mol. The highest BCUT2D eigenvalue weighted by atomic mass is 32.2. The molecule has 0 radical (unpaired) electrons. The lowest BCUT2D eigenvalue weighted by Crippen LogP contribution is -2.35. The van der Waals surface area contributed by atoms with Crippen LogP contribution in [0.3, 0.4) is 0 Å². The van der Waals surface area contributed by atoms with Crippen LogP contribution in [0.25, 0.3) is 22.6 Å². The molecule has 1 fully saturated rings. The first-order valence-corrected chi connectivity index (χ1v) is 13.9. The highest BCUT2D eigenvalue weighted by molar-refractivity contribution is 7.91. The summed E-state index contributed by atoms with van der Waals surface area (Å²) in [6.07, 6.45) is 1.39. The SMILES string of the molecule is CC[S+]([O-])c1cnc(CNc2nc3c(C)nc(-c4c(C)ncnc4C4CC4)nc3n(C(C)C(F)(F)F)c2=O)nc1. The van der Waals surface area contributed by atoms with Gasteiger partial charge in [-0.25, -0.2) is 34.9 Å².